The van der Waals surface area contributed by atoms with Crippen LogP contribution in [0.5, 0.6) is 0 Å². The average Bonchev–Trinajstić information content (AvgIpc) is 2.57. The number of hydrogen-bond donors (Lipinski definition) is 1. The number of carbonyl (C=O) groups is 1. The molecule has 0 fully saturated rings. The molecule has 3 rings (SSSR count). The summed E-state index contributed by atoms with van der Waals surface area (Å²) in [6.45, 7) is 2.06. The first-order valence-electron chi connectivity index (χ1n) is 7.11. The smallest absolute Gasteiger partial charge is 0.257 e. The van der Waals surface area contributed by atoms with Crippen molar-refractivity contribution in [2.24, 2.45) is 0 Å². The number of nitrogens with zero attached hydrogens (tertiary/aromatic N) is 1. The third kappa shape index (κ3) is 3.04. The molecule has 0 saturated carbocycles. The minimum Gasteiger partial charge on any atom is -0.321 e. The van der Waals surface area contributed by atoms with Crippen molar-refractivity contribution in [3.05, 3.63) is 84.2 Å². The Hall–Kier alpha value is -2.94. The minimum absolute atomic E-state index is 0.160. The number of nitrogens with one attached hydrogen (secondary N) is 1. The predicted molar refractivity (Wildman–Crippen MR) is 88.8 cm³/mol. The highest BCUT2D eigenvalue weighted by molar-refractivity contribution is 6.06. The molecule has 0 bridgehead atoms. The Balaban J connectivity index is 1.92. The lowest BCUT2D eigenvalue weighted by atomic mass is 10.0. The van der Waals surface area contributed by atoms with Crippen molar-refractivity contribution in [1.29, 1.82) is 0 Å². The Kier molecular flexibility index (Phi) is 3.97. The van der Waals surface area contributed by atoms with Gasteiger partial charge >= 0.3 is 0 Å². The molecule has 1 heterocycles. The highest BCUT2D eigenvalue weighted by Gasteiger charge is 2.09. The van der Waals surface area contributed by atoms with Crippen LogP contribution in [0.4, 0.5) is 5.69 Å². The van der Waals surface area contributed by atoms with Gasteiger partial charge in [-0.1, -0.05) is 48.0 Å². The quantitative estimate of drug-likeness (QED) is 0.780. The number of aromatic nitrogens is 1. The standard InChI is InChI=1S/C19H16N2O/c1-14-8-10-15(11-9-14)17-6-2-3-7-18(17)21-19(22)16-5-4-12-20-13-16/h2-13H,1H3,(H,21,22). The van der Waals surface area contributed by atoms with Gasteiger partial charge in [-0.2, -0.15) is 0 Å². The fourth-order valence-electron chi connectivity index (χ4n) is 2.27. The molecule has 0 aliphatic heterocycles. The van der Waals surface area contributed by atoms with Gasteiger partial charge < -0.3 is 5.32 Å². The Labute approximate surface area is 129 Å². The second kappa shape index (κ2) is 6.22. The van der Waals surface area contributed by atoms with E-state index in [9.17, 15) is 4.79 Å². The van der Waals surface area contributed by atoms with E-state index in [1.54, 1.807) is 24.5 Å². The highest BCUT2D eigenvalue weighted by atomic mass is 16.1. The van der Waals surface area contributed by atoms with Crippen LogP contribution in [0.15, 0.2) is 73.1 Å². The lowest BCUT2D eigenvalue weighted by Gasteiger charge is -2.11. The summed E-state index contributed by atoms with van der Waals surface area (Å²) in [5.41, 5.74) is 4.62. The summed E-state index contributed by atoms with van der Waals surface area (Å²) in [6.07, 6.45) is 3.21. The molecule has 0 aliphatic rings. The largest absolute Gasteiger partial charge is 0.321 e. The van der Waals surface area contributed by atoms with Gasteiger partial charge in [0.15, 0.2) is 0 Å². The van der Waals surface area contributed by atoms with E-state index in [0.29, 0.717) is 5.56 Å². The van der Waals surface area contributed by atoms with Gasteiger partial charge in [0, 0.05) is 23.6 Å². The Morgan fingerprint density at radius 2 is 1.73 bits per heavy atom. The molecule has 3 nitrogen and oxygen atoms in total. The normalized spacial score (nSPS) is 10.2. The number of aryl methyl sites for hydroxylation is 1. The summed E-state index contributed by atoms with van der Waals surface area (Å²) in [5, 5.41) is 2.96. The maximum atomic E-state index is 12.3. The number of para-hydroxylation sites is 1. The van der Waals surface area contributed by atoms with Crippen LogP contribution in [0, 0.1) is 6.92 Å². The van der Waals surface area contributed by atoms with Crippen molar-refractivity contribution in [2.45, 2.75) is 6.92 Å². The summed E-state index contributed by atoms with van der Waals surface area (Å²) in [4.78, 5) is 16.3. The summed E-state index contributed by atoms with van der Waals surface area (Å²) in [6, 6.07) is 19.5. The molecule has 3 aromatic rings. The third-order valence-electron chi connectivity index (χ3n) is 3.46. The van der Waals surface area contributed by atoms with Gasteiger partial charge in [-0.3, -0.25) is 9.78 Å². The van der Waals surface area contributed by atoms with Crippen LogP contribution in [0.2, 0.25) is 0 Å². The average molecular weight is 288 g/mol. The van der Waals surface area contributed by atoms with Crippen LogP contribution in [0.1, 0.15) is 15.9 Å². The molecule has 3 heteroatoms. The van der Waals surface area contributed by atoms with Crippen molar-refractivity contribution >= 4 is 11.6 Å². The van der Waals surface area contributed by atoms with Gasteiger partial charge in [0.2, 0.25) is 0 Å². The van der Waals surface area contributed by atoms with Gasteiger partial charge in [-0.15, -0.1) is 0 Å². The highest BCUT2D eigenvalue weighted by Crippen LogP contribution is 2.28. The minimum atomic E-state index is -0.160. The number of pyridine rings is 1. The lowest BCUT2D eigenvalue weighted by molar-refractivity contribution is 0.102. The Bertz CT molecular complexity index is 780. The van der Waals surface area contributed by atoms with Crippen LogP contribution in [0.3, 0.4) is 0 Å². The van der Waals surface area contributed by atoms with Crippen molar-refractivity contribution in [3.63, 3.8) is 0 Å². The van der Waals surface area contributed by atoms with Crippen molar-refractivity contribution < 1.29 is 4.79 Å². The zero-order valence-electron chi connectivity index (χ0n) is 12.3. The predicted octanol–water partition coefficient (Wildman–Crippen LogP) is 4.31. The van der Waals surface area contributed by atoms with E-state index < -0.39 is 0 Å². The van der Waals surface area contributed by atoms with Crippen LogP contribution in [0.25, 0.3) is 11.1 Å². The summed E-state index contributed by atoms with van der Waals surface area (Å²) >= 11 is 0. The van der Waals surface area contributed by atoms with E-state index in [0.717, 1.165) is 16.8 Å². The topological polar surface area (TPSA) is 42.0 Å². The number of carbonyl (C=O) groups excluding carboxylic acids is 1. The van der Waals surface area contributed by atoms with Crippen molar-refractivity contribution in [1.82, 2.24) is 4.98 Å². The molecule has 1 N–H and O–H groups in total. The maximum Gasteiger partial charge on any atom is 0.257 e. The Morgan fingerprint density at radius 3 is 2.45 bits per heavy atom. The second-order valence-electron chi connectivity index (χ2n) is 5.11. The molecule has 2 aromatic carbocycles. The van der Waals surface area contributed by atoms with E-state index in [1.807, 2.05) is 24.3 Å². The fraction of sp³-hybridized carbons (Fsp3) is 0.0526. The Morgan fingerprint density at radius 1 is 0.955 bits per heavy atom. The zero-order chi connectivity index (χ0) is 15.4. The molecule has 1 aromatic heterocycles. The van der Waals surface area contributed by atoms with Gasteiger partial charge in [0.25, 0.3) is 5.91 Å². The molecule has 22 heavy (non-hydrogen) atoms. The molecule has 108 valence electrons. The molecule has 0 aliphatic carbocycles. The maximum absolute atomic E-state index is 12.3. The second-order valence-corrected chi connectivity index (χ2v) is 5.11. The SMILES string of the molecule is Cc1ccc(-c2ccccc2NC(=O)c2cccnc2)cc1. The monoisotopic (exact) mass is 288 g/mol. The first-order valence-corrected chi connectivity index (χ1v) is 7.11. The third-order valence-corrected chi connectivity index (χ3v) is 3.46. The fourth-order valence-corrected chi connectivity index (χ4v) is 2.27. The number of amides is 1. The first-order chi connectivity index (χ1) is 10.7. The zero-order valence-corrected chi connectivity index (χ0v) is 12.3. The summed E-state index contributed by atoms with van der Waals surface area (Å²) in [5.74, 6) is -0.160. The molecule has 0 radical (unpaired) electrons. The van der Waals surface area contributed by atoms with Gasteiger partial charge in [0.1, 0.15) is 0 Å². The molecule has 0 spiro atoms. The van der Waals surface area contributed by atoms with E-state index in [-0.39, 0.29) is 5.91 Å². The molecular formula is C19H16N2O. The molecule has 0 unspecified atom stereocenters. The molecule has 0 atom stereocenters. The number of benzene rings is 2. The van der Waals surface area contributed by atoms with E-state index >= 15 is 0 Å². The molecule has 0 saturated heterocycles. The van der Waals surface area contributed by atoms with Crippen LogP contribution >= 0.6 is 0 Å². The summed E-state index contributed by atoms with van der Waals surface area (Å²) < 4.78 is 0. The van der Waals surface area contributed by atoms with Crippen molar-refractivity contribution in [2.75, 3.05) is 5.32 Å². The van der Waals surface area contributed by atoms with Crippen molar-refractivity contribution in [3.8, 4) is 11.1 Å². The van der Waals surface area contributed by atoms with Crippen LogP contribution < -0.4 is 5.32 Å². The van der Waals surface area contributed by atoms with Crippen LogP contribution in [-0.4, -0.2) is 10.9 Å². The van der Waals surface area contributed by atoms with E-state index in [2.05, 4.69) is 41.5 Å². The van der Waals surface area contributed by atoms with Gasteiger partial charge in [0.05, 0.1) is 5.56 Å². The first kappa shape index (κ1) is 14.0. The van der Waals surface area contributed by atoms with Gasteiger partial charge in [-0.05, 0) is 30.7 Å². The van der Waals surface area contributed by atoms with Gasteiger partial charge in [-0.25, -0.2) is 0 Å². The van der Waals surface area contributed by atoms with Crippen LogP contribution in [-0.2, 0) is 0 Å². The number of rotatable bonds is 3. The van der Waals surface area contributed by atoms with E-state index in [1.165, 1.54) is 5.56 Å². The lowest BCUT2D eigenvalue weighted by Crippen LogP contribution is -2.12. The summed E-state index contributed by atoms with van der Waals surface area (Å²) in [7, 11) is 0. The molecular weight excluding hydrogens is 272 g/mol. The number of anilines is 1. The molecule has 1 amide bonds. The number of hydrogen-bond acceptors (Lipinski definition) is 2. The van der Waals surface area contributed by atoms with E-state index in [4.69, 9.17) is 0 Å².